The van der Waals surface area contributed by atoms with Crippen LogP contribution in [-0.4, -0.2) is 25.7 Å². The Hall–Kier alpha value is -3.06. The van der Waals surface area contributed by atoms with Crippen LogP contribution in [-0.2, 0) is 7.05 Å². The van der Waals surface area contributed by atoms with Crippen LogP contribution in [0.5, 0.6) is 0 Å². The Balaban J connectivity index is 1.64. The number of rotatable bonds is 3. The molecule has 1 amide bonds. The molecular formula is C21H21N5OS. The summed E-state index contributed by atoms with van der Waals surface area (Å²) in [6, 6.07) is 8.16. The van der Waals surface area contributed by atoms with E-state index in [4.69, 9.17) is 0 Å². The number of benzene rings is 1. The van der Waals surface area contributed by atoms with E-state index >= 15 is 0 Å². The Kier molecular flexibility index (Phi) is 4.47. The van der Waals surface area contributed by atoms with E-state index < -0.39 is 0 Å². The second-order valence-electron chi connectivity index (χ2n) is 7.01. The lowest BCUT2D eigenvalue weighted by Gasteiger charge is -2.04. The van der Waals surface area contributed by atoms with Crippen molar-refractivity contribution >= 4 is 34.0 Å². The van der Waals surface area contributed by atoms with Crippen LogP contribution in [0.25, 0.3) is 21.6 Å². The number of aryl methyl sites for hydroxylation is 5. The first-order chi connectivity index (χ1) is 13.3. The van der Waals surface area contributed by atoms with Crippen molar-refractivity contribution in [3.8, 4) is 10.6 Å². The van der Waals surface area contributed by atoms with Gasteiger partial charge in [0.25, 0.3) is 5.91 Å². The van der Waals surface area contributed by atoms with Crippen LogP contribution >= 0.6 is 11.3 Å². The summed E-state index contributed by atoms with van der Waals surface area (Å²) >= 11 is 1.41. The first kappa shape index (κ1) is 18.3. The number of pyridine rings is 1. The van der Waals surface area contributed by atoms with Crippen molar-refractivity contribution in [2.75, 3.05) is 5.32 Å². The molecule has 0 fully saturated rings. The van der Waals surface area contributed by atoms with Crippen LogP contribution in [0.1, 0.15) is 32.2 Å². The maximum atomic E-state index is 12.9. The number of carbonyl (C=O) groups excluding carboxylic acids is 1. The van der Waals surface area contributed by atoms with Crippen molar-refractivity contribution in [3.63, 3.8) is 0 Å². The molecule has 1 N–H and O–H groups in total. The van der Waals surface area contributed by atoms with Crippen molar-refractivity contribution in [2.24, 2.45) is 7.05 Å². The molecule has 3 aromatic heterocycles. The molecule has 7 heteroatoms. The molecule has 0 radical (unpaired) electrons. The zero-order valence-electron chi connectivity index (χ0n) is 16.5. The average molecular weight is 392 g/mol. The average Bonchev–Trinajstić information content (AvgIpc) is 3.15. The van der Waals surface area contributed by atoms with E-state index in [0.717, 1.165) is 38.6 Å². The Morgan fingerprint density at radius 1 is 1.11 bits per heavy atom. The van der Waals surface area contributed by atoms with Gasteiger partial charge in [0.1, 0.15) is 9.88 Å². The fraction of sp³-hybridized carbons (Fsp3) is 0.238. The van der Waals surface area contributed by atoms with E-state index in [-0.39, 0.29) is 5.91 Å². The van der Waals surface area contributed by atoms with Crippen LogP contribution in [0, 0.1) is 27.7 Å². The lowest BCUT2D eigenvalue weighted by atomic mass is 10.1. The van der Waals surface area contributed by atoms with Crippen LogP contribution in [0.4, 0.5) is 5.69 Å². The van der Waals surface area contributed by atoms with Crippen LogP contribution in [0.15, 0.2) is 30.5 Å². The van der Waals surface area contributed by atoms with Gasteiger partial charge in [-0.05, 0) is 39.3 Å². The molecule has 4 aromatic rings. The van der Waals surface area contributed by atoms with Gasteiger partial charge in [-0.3, -0.25) is 9.48 Å². The van der Waals surface area contributed by atoms with Crippen molar-refractivity contribution in [3.05, 3.63) is 57.9 Å². The highest BCUT2D eigenvalue weighted by Gasteiger charge is 2.18. The summed E-state index contributed by atoms with van der Waals surface area (Å²) in [5.74, 6) is -0.172. The van der Waals surface area contributed by atoms with Crippen LogP contribution in [0.2, 0.25) is 0 Å². The number of thiazole rings is 1. The predicted octanol–water partition coefficient (Wildman–Crippen LogP) is 4.58. The van der Waals surface area contributed by atoms with Crippen molar-refractivity contribution in [2.45, 2.75) is 27.7 Å². The molecule has 0 saturated heterocycles. The SMILES string of the molecule is Cc1ccc(-c2nc(C)c(C(=O)Nc3cnc4c(c3)c(C)nn4C)s2)c(C)c1. The minimum atomic E-state index is -0.172. The molecule has 0 aliphatic carbocycles. The summed E-state index contributed by atoms with van der Waals surface area (Å²) in [6.45, 7) is 7.93. The summed E-state index contributed by atoms with van der Waals surface area (Å²) in [4.78, 5) is 22.5. The van der Waals surface area contributed by atoms with Crippen molar-refractivity contribution in [1.82, 2.24) is 19.7 Å². The van der Waals surface area contributed by atoms with Crippen LogP contribution in [0.3, 0.4) is 0 Å². The summed E-state index contributed by atoms with van der Waals surface area (Å²) in [7, 11) is 1.86. The maximum Gasteiger partial charge on any atom is 0.267 e. The highest BCUT2D eigenvalue weighted by atomic mass is 32.1. The number of amides is 1. The van der Waals surface area contributed by atoms with Gasteiger partial charge >= 0.3 is 0 Å². The van der Waals surface area contributed by atoms with E-state index in [2.05, 4.69) is 52.4 Å². The molecule has 3 heterocycles. The fourth-order valence-corrected chi connectivity index (χ4v) is 4.39. The molecule has 0 unspecified atom stereocenters. The Labute approximate surface area is 167 Å². The van der Waals surface area contributed by atoms with Gasteiger partial charge in [-0.2, -0.15) is 5.10 Å². The third kappa shape index (κ3) is 3.18. The van der Waals surface area contributed by atoms with Crippen molar-refractivity contribution < 1.29 is 4.79 Å². The lowest BCUT2D eigenvalue weighted by molar-refractivity contribution is 0.103. The number of fused-ring (bicyclic) bond motifs is 1. The molecule has 0 aliphatic rings. The van der Waals surface area contributed by atoms with Gasteiger partial charge in [-0.15, -0.1) is 11.3 Å². The zero-order chi connectivity index (χ0) is 20.0. The molecule has 0 bridgehead atoms. The Morgan fingerprint density at radius 3 is 2.64 bits per heavy atom. The van der Waals surface area contributed by atoms with E-state index in [1.807, 2.05) is 27.0 Å². The minimum absolute atomic E-state index is 0.172. The first-order valence-corrected chi connectivity index (χ1v) is 9.81. The van der Waals surface area contributed by atoms with Crippen molar-refractivity contribution in [1.29, 1.82) is 0 Å². The zero-order valence-corrected chi connectivity index (χ0v) is 17.3. The number of nitrogens with zero attached hydrogens (tertiary/aromatic N) is 4. The van der Waals surface area contributed by atoms with E-state index in [9.17, 15) is 4.79 Å². The number of carbonyl (C=O) groups is 1. The topological polar surface area (TPSA) is 72.7 Å². The Bertz CT molecular complexity index is 1220. The monoisotopic (exact) mass is 391 g/mol. The fourth-order valence-electron chi connectivity index (χ4n) is 3.34. The third-order valence-corrected chi connectivity index (χ3v) is 5.93. The van der Waals surface area contributed by atoms with E-state index in [0.29, 0.717) is 10.6 Å². The van der Waals surface area contributed by atoms with Gasteiger partial charge in [0.15, 0.2) is 5.65 Å². The molecular weight excluding hydrogens is 370 g/mol. The summed E-state index contributed by atoms with van der Waals surface area (Å²) in [6.07, 6.45) is 1.66. The molecule has 28 heavy (non-hydrogen) atoms. The molecule has 4 rings (SSSR count). The minimum Gasteiger partial charge on any atom is -0.320 e. The quantitative estimate of drug-likeness (QED) is 0.555. The standard InChI is InChI=1S/C21H21N5OS/c1-11-6-7-16(12(2)8-11)21-23-14(4)18(28-21)20(27)24-15-9-17-13(3)25-26(5)19(17)22-10-15/h6-10H,1-5H3,(H,24,27). The maximum absolute atomic E-state index is 12.9. The van der Waals surface area contributed by atoms with Gasteiger partial charge in [0.2, 0.25) is 0 Å². The number of hydrogen-bond donors (Lipinski definition) is 1. The summed E-state index contributed by atoms with van der Waals surface area (Å²) in [5.41, 5.74) is 6.47. The van der Waals surface area contributed by atoms with Gasteiger partial charge in [-0.1, -0.05) is 23.8 Å². The van der Waals surface area contributed by atoms with E-state index in [1.54, 1.807) is 10.9 Å². The summed E-state index contributed by atoms with van der Waals surface area (Å²) < 4.78 is 1.74. The molecule has 1 aromatic carbocycles. The molecule has 0 atom stereocenters. The molecule has 6 nitrogen and oxygen atoms in total. The van der Waals surface area contributed by atoms with Gasteiger partial charge < -0.3 is 5.32 Å². The number of hydrogen-bond acceptors (Lipinski definition) is 5. The van der Waals surface area contributed by atoms with Gasteiger partial charge in [0, 0.05) is 18.0 Å². The number of aromatic nitrogens is 4. The highest BCUT2D eigenvalue weighted by molar-refractivity contribution is 7.17. The van der Waals surface area contributed by atoms with Gasteiger partial charge in [0.05, 0.1) is 23.3 Å². The largest absolute Gasteiger partial charge is 0.320 e. The van der Waals surface area contributed by atoms with Gasteiger partial charge in [-0.25, -0.2) is 9.97 Å². The molecule has 0 spiro atoms. The first-order valence-electron chi connectivity index (χ1n) is 8.99. The number of anilines is 1. The second-order valence-corrected chi connectivity index (χ2v) is 8.01. The normalized spacial score (nSPS) is 11.2. The van der Waals surface area contributed by atoms with Crippen LogP contribution < -0.4 is 5.32 Å². The lowest BCUT2D eigenvalue weighted by Crippen LogP contribution is -2.11. The van der Waals surface area contributed by atoms with E-state index in [1.165, 1.54) is 16.9 Å². The predicted molar refractivity (Wildman–Crippen MR) is 113 cm³/mol. The summed E-state index contributed by atoms with van der Waals surface area (Å²) in [5, 5.41) is 9.10. The number of nitrogens with one attached hydrogen (secondary N) is 1. The molecule has 0 saturated carbocycles. The Morgan fingerprint density at radius 2 is 1.89 bits per heavy atom. The smallest absolute Gasteiger partial charge is 0.267 e. The highest BCUT2D eigenvalue weighted by Crippen LogP contribution is 2.31. The third-order valence-electron chi connectivity index (χ3n) is 4.74. The second kappa shape index (κ2) is 6.83. The molecule has 142 valence electrons. The molecule has 0 aliphatic heterocycles.